The number of nitrogens with zero attached hydrogens (tertiary/aromatic N) is 1. The van der Waals surface area contributed by atoms with Crippen molar-refractivity contribution >= 4 is 17.2 Å². The molecule has 2 unspecified atom stereocenters. The lowest BCUT2D eigenvalue weighted by atomic mass is 10.1. The number of thiocarbonyl (C=S) groups is 1. The highest BCUT2D eigenvalue weighted by Crippen LogP contribution is 2.36. The quantitative estimate of drug-likeness (QED) is 0.697. The van der Waals surface area contributed by atoms with Crippen LogP contribution in [0.3, 0.4) is 0 Å². The SMILES string of the molecule is COCCN(CC(C(N)=S)C(F)(F)F)C(C)C1CC1. The van der Waals surface area contributed by atoms with Crippen LogP contribution in [0.25, 0.3) is 0 Å². The monoisotopic (exact) mass is 298 g/mol. The van der Waals surface area contributed by atoms with E-state index in [0.717, 1.165) is 12.8 Å². The molecule has 0 aromatic heterocycles. The zero-order chi connectivity index (χ0) is 14.6. The van der Waals surface area contributed by atoms with E-state index in [4.69, 9.17) is 10.5 Å². The first-order valence-corrected chi connectivity index (χ1v) is 6.77. The maximum Gasteiger partial charge on any atom is 0.399 e. The van der Waals surface area contributed by atoms with Crippen molar-refractivity contribution in [3.8, 4) is 0 Å². The predicted octanol–water partition coefficient (Wildman–Crippen LogP) is 2.20. The fourth-order valence-corrected chi connectivity index (χ4v) is 2.34. The predicted molar refractivity (Wildman–Crippen MR) is 72.0 cm³/mol. The Hall–Kier alpha value is -0.400. The van der Waals surface area contributed by atoms with Gasteiger partial charge in [-0.25, -0.2) is 0 Å². The molecule has 1 aliphatic rings. The van der Waals surface area contributed by atoms with Gasteiger partial charge in [0.25, 0.3) is 0 Å². The van der Waals surface area contributed by atoms with Crippen LogP contribution < -0.4 is 5.73 Å². The highest BCUT2D eigenvalue weighted by atomic mass is 32.1. The molecule has 112 valence electrons. The molecule has 0 radical (unpaired) electrons. The van der Waals surface area contributed by atoms with Crippen molar-refractivity contribution in [3.05, 3.63) is 0 Å². The van der Waals surface area contributed by atoms with Gasteiger partial charge < -0.3 is 10.5 Å². The largest absolute Gasteiger partial charge is 0.399 e. The van der Waals surface area contributed by atoms with Crippen molar-refractivity contribution in [1.29, 1.82) is 0 Å². The summed E-state index contributed by atoms with van der Waals surface area (Å²) >= 11 is 4.56. The zero-order valence-corrected chi connectivity index (χ0v) is 12.1. The number of alkyl halides is 3. The van der Waals surface area contributed by atoms with Gasteiger partial charge >= 0.3 is 6.18 Å². The molecule has 0 aromatic carbocycles. The molecule has 2 atom stereocenters. The van der Waals surface area contributed by atoms with Crippen LogP contribution in [0.2, 0.25) is 0 Å². The van der Waals surface area contributed by atoms with Gasteiger partial charge in [-0.1, -0.05) is 12.2 Å². The number of rotatable bonds is 8. The van der Waals surface area contributed by atoms with E-state index in [1.54, 1.807) is 4.90 Å². The fourth-order valence-electron chi connectivity index (χ4n) is 2.14. The molecular weight excluding hydrogens is 277 g/mol. The molecule has 0 amide bonds. The zero-order valence-electron chi connectivity index (χ0n) is 11.2. The molecule has 0 spiro atoms. The Labute approximate surface area is 117 Å². The number of halogens is 3. The first-order valence-electron chi connectivity index (χ1n) is 6.36. The number of ether oxygens (including phenoxy) is 1. The van der Waals surface area contributed by atoms with Crippen LogP contribution in [0.15, 0.2) is 0 Å². The van der Waals surface area contributed by atoms with Crippen LogP contribution >= 0.6 is 12.2 Å². The Bertz CT molecular complexity index is 308. The van der Waals surface area contributed by atoms with Crippen molar-refractivity contribution in [1.82, 2.24) is 4.90 Å². The molecule has 1 aliphatic carbocycles. The molecule has 7 heteroatoms. The summed E-state index contributed by atoms with van der Waals surface area (Å²) in [7, 11) is 1.54. The van der Waals surface area contributed by atoms with Crippen molar-refractivity contribution in [2.75, 3.05) is 26.8 Å². The Morgan fingerprint density at radius 3 is 2.42 bits per heavy atom. The second-order valence-electron chi connectivity index (χ2n) is 5.06. The van der Waals surface area contributed by atoms with E-state index in [9.17, 15) is 13.2 Å². The summed E-state index contributed by atoms with van der Waals surface area (Å²) in [5.41, 5.74) is 5.25. The summed E-state index contributed by atoms with van der Waals surface area (Å²) in [5.74, 6) is -1.27. The molecule has 0 aromatic rings. The van der Waals surface area contributed by atoms with Crippen LogP contribution in [-0.2, 0) is 4.74 Å². The summed E-state index contributed by atoms with van der Waals surface area (Å²) in [6, 6.07) is 0.106. The molecule has 19 heavy (non-hydrogen) atoms. The molecule has 2 N–H and O–H groups in total. The molecule has 0 saturated heterocycles. The second kappa shape index (κ2) is 6.85. The van der Waals surface area contributed by atoms with Gasteiger partial charge in [-0.15, -0.1) is 0 Å². The van der Waals surface area contributed by atoms with Crippen molar-refractivity contribution in [3.63, 3.8) is 0 Å². The lowest BCUT2D eigenvalue weighted by molar-refractivity contribution is -0.161. The molecule has 3 nitrogen and oxygen atoms in total. The van der Waals surface area contributed by atoms with E-state index in [0.29, 0.717) is 19.1 Å². The molecule has 0 bridgehead atoms. The Morgan fingerprint density at radius 2 is 2.05 bits per heavy atom. The first-order chi connectivity index (χ1) is 8.77. The molecule has 0 aliphatic heterocycles. The number of methoxy groups -OCH3 is 1. The summed E-state index contributed by atoms with van der Waals surface area (Å²) in [6.45, 7) is 2.64. The molecule has 1 saturated carbocycles. The Kier molecular flexibility index (Phi) is 6.01. The van der Waals surface area contributed by atoms with Gasteiger partial charge in [-0.2, -0.15) is 13.2 Å². The van der Waals surface area contributed by atoms with Crippen molar-refractivity contribution in [2.45, 2.75) is 32.0 Å². The minimum absolute atomic E-state index is 0.106. The average Bonchev–Trinajstić information content (AvgIpc) is 3.09. The van der Waals surface area contributed by atoms with E-state index in [1.165, 1.54) is 7.11 Å². The van der Waals surface area contributed by atoms with E-state index >= 15 is 0 Å². The third-order valence-electron chi connectivity index (χ3n) is 3.62. The van der Waals surface area contributed by atoms with Crippen LogP contribution in [0.5, 0.6) is 0 Å². The molecule has 1 fully saturated rings. The maximum atomic E-state index is 12.9. The summed E-state index contributed by atoms with van der Waals surface area (Å²) in [6.07, 6.45) is -2.23. The van der Waals surface area contributed by atoms with Gasteiger partial charge in [-0.3, -0.25) is 4.90 Å². The smallest absolute Gasteiger partial charge is 0.393 e. The normalized spacial score (nSPS) is 19.5. The third kappa shape index (κ3) is 5.24. The maximum absolute atomic E-state index is 12.9. The average molecular weight is 298 g/mol. The highest BCUT2D eigenvalue weighted by Gasteiger charge is 2.44. The lowest BCUT2D eigenvalue weighted by Gasteiger charge is -2.33. The second-order valence-corrected chi connectivity index (χ2v) is 5.53. The van der Waals surface area contributed by atoms with Crippen molar-refractivity contribution in [2.24, 2.45) is 17.6 Å². The standard InChI is InChI=1S/C12H21F3N2OS/c1-8(9-3-4-9)17(5-6-18-2)7-10(11(16)19)12(13,14)15/h8-10H,3-7H2,1-2H3,(H2,16,19). The van der Waals surface area contributed by atoms with Crippen molar-refractivity contribution < 1.29 is 17.9 Å². The van der Waals surface area contributed by atoms with Crippen LogP contribution in [0.4, 0.5) is 13.2 Å². The highest BCUT2D eigenvalue weighted by molar-refractivity contribution is 7.80. The minimum Gasteiger partial charge on any atom is -0.393 e. The van der Waals surface area contributed by atoms with Gasteiger partial charge in [0.2, 0.25) is 0 Å². The fraction of sp³-hybridized carbons (Fsp3) is 0.917. The number of nitrogens with two attached hydrogens (primary N) is 1. The van der Waals surface area contributed by atoms with Gasteiger partial charge in [0.15, 0.2) is 0 Å². The third-order valence-corrected chi connectivity index (χ3v) is 3.90. The first kappa shape index (κ1) is 16.7. The Morgan fingerprint density at radius 1 is 1.47 bits per heavy atom. The summed E-state index contributed by atoms with van der Waals surface area (Å²) in [4.78, 5) is 1.30. The lowest BCUT2D eigenvalue weighted by Crippen LogP contribution is -2.47. The number of hydrogen-bond acceptors (Lipinski definition) is 3. The van der Waals surface area contributed by atoms with Crippen LogP contribution in [-0.4, -0.2) is 48.9 Å². The molecular formula is C12H21F3N2OS. The van der Waals surface area contributed by atoms with E-state index in [2.05, 4.69) is 12.2 Å². The van der Waals surface area contributed by atoms with E-state index in [1.807, 2.05) is 6.92 Å². The van der Waals surface area contributed by atoms with Gasteiger partial charge in [0.05, 0.1) is 11.6 Å². The minimum atomic E-state index is -4.39. The van der Waals surface area contributed by atoms with E-state index in [-0.39, 0.29) is 12.6 Å². The van der Waals surface area contributed by atoms with Crippen LogP contribution in [0.1, 0.15) is 19.8 Å². The van der Waals surface area contributed by atoms with Gasteiger partial charge in [-0.05, 0) is 25.7 Å². The Balaban J connectivity index is 2.70. The summed E-state index contributed by atoms with van der Waals surface area (Å²) < 4.78 is 43.7. The summed E-state index contributed by atoms with van der Waals surface area (Å²) in [5, 5.41) is 0. The molecule has 0 heterocycles. The van der Waals surface area contributed by atoms with E-state index < -0.39 is 17.1 Å². The number of hydrogen-bond donors (Lipinski definition) is 1. The van der Waals surface area contributed by atoms with Gasteiger partial charge in [0, 0.05) is 26.2 Å². The molecule has 1 rings (SSSR count). The van der Waals surface area contributed by atoms with Crippen LogP contribution in [0, 0.1) is 11.8 Å². The van der Waals surface area contributed by atoms with Gasteiger partial charge in [0.1, 0.15) is 5.92 Å². The topological polar surface area (TPSA) is 38.5 Å².